The molecule has 0 saturated carbocycles. The number of hydrogen-bond acceptors (Lipinski definition) is 4. The van der Waals surface area contributed by atoms with E-state index in [0.717, 1.165) is 44.8 Å². The van der Waals surface area contributed by atoms with Gasteiger partial charge in [-0.15, -0.1) is 0 Å². The van der Waals surface area contributed by atoms with Crippen molar-refractivity contribution in [2.24, 2.45) is 0 Å². The van der Waals surface area contributed by atoms with E-state index in [9.17, 15) is 14.0 Å². The number of nitrogens with one attached hydrogen (secondary N) is 1. The molecule has 1 amide bonds. The van der Waals surface area contributed by atoms with Crippen molar-refractivity contribution in [3.05, 3.63) is 52.7 Å². The van der Waals surface area contributed by atoms with Gasteiger partial charge in [0.25, 0.3) is 5.56 Å². The Kier molecular flexibility index (Phi) is 6.67. The van der Waals surface area contributed by atoms with E-state index in [4.69, 9.17) is 0 Å². The minimum atomic E-state index is -0.385. The summed E-state index contributed by atoms with van der Waals surface area (Å²) in [5.41, 5.74) is 1.69. The number of nitrogens with zero attached hydrogens (tertiary/aromatic N) is 4. The van der Waals surface area contributed by atoms with E-state index in [1.54, 1.807) is 33.4 Å². The van der Waals surface area contributed by atoms with E-state index in [-0.39, 0.29) is 17.3 Å². The van der Waals surface area contributed by atoms with Gasteiger partial charge in [-0.3, -0.25) is 14.5 Å². The summed E-state index contributed by atoms with van der Waals surface area (Å²) in [5, 5.41) is 2.98. The van der Waals surface area contributed by atoms with E-state index in [1.165, 1.54) is 12.1 Å². The molecule has 2 aromatic heterocycles. The van der Waals surface area contributed by atoms with Crippen LogP contribution >= 0.6 is 0 Å². The Morgan fingerprint density at radius 2 is 1.81 bits per heavy atom. The zero-order valence-corrected chi connectivity index (χ0v) is 18.0. The molecule has 1 N–H and O–H groups in total. The number of halogens is 1. The average Bonchev–Trinajstić information content (AvgIpc) is 3.27. The SMILES string of the molecule is CCN1CCN(CCNC(=O)CCCn2c(=O)c3cccn3c3ccc(F)cc32)CC1. The first-order chi connectivity index (χ1) is 15.1. The standard InChI is InChI=1S/C23H30FN5O2/c1-2-26-13-15-27(16-14-26)12-9-25-22(30)6-4-11-29-21-17-18(24)7-8-19(21)28-10-3-5-20(28)23(29)31/h3,5,7-8,10,17H,2,4,6,9,11-16H2,1H3,(H,25,30). The number of piperazine rings is 1. The molecule has 0 aliphatic carbocycles. The number of amides is 1. The van der Waals surface area contributed by atoms with Crippen LogP contribution in [0.25, 0.3) is 16.6 Å². The Hall–Kier alpha value is -2.71. The lowest BCUT2D eigenvalue weighted by atomic mass is 10.2. The first-order valence-electron chi connectivity index (χ1n) is 11.1. The molecule has 1 fully saturated rings. The molecular weight excluding hydrogens is 397 g/mol. The van der Waals surface area contributed by atoms with Crippen molar-refractivity contribution in [3.63, 3.8) is 0 Å². The van der Waals surface area contributed by atoms with Crippen LogP contribution in [-0.2, 0) is 11.3 Å². The lowest BCUT2D eigenvalue weighted by Crippen LogP contribution is -2.48. The van der Waals surface area contributed by atoms with Gasteiger partial charge in [-0.2, -0.15) is 0 Å². The quantitative estimate of drug-likeness (QED) is 0.597. The van der Waals surface area contributed by atoms with Gasteiger partial charge in [-0.1, -0.05) is 6.92 Å². The van der Waals surface area contributed by atoms with Crippen LogP contribution < -0.4 is 10.9 Å². The van der Waals surface area contributed by atoms with Gasteiger partial charge in [-0.05, 0) is 43.3 Å². The second kappa shape index (κ2) is 9.62. The van der Waals surface area contributed by atoms with Crippen LogP contribution in [0.5, 0.6) is 0 Å². The third kappa shape index (κ3) is 4.80. The fraction of sp³-hybridized carbons (Fsp3) is 0.478. The van der Waals surface area contributed by atoms with Crippen molar-refractivity contribution < 1.29 is 9.18 Å². The Morgan fingerprint density at radius 3 is 2.58 bits per heavy atom. The highest BCUT2D eigenvalue weighted by Crippen LogP contribution is 2.17. The molecule has 7 nitrogen and oxygen atoms in total. The molecule has 3 heterocycles. The number of hydrogen-bond donors (Lipinski definition) is 1. The third-order valence-electron chi connectivity index (χ3n) is 6.15. The molecule has 0 radical (unpaired) electrons. The Bertz CT molecular complexity index is 1110. The van der Waals surface area contributed by atoms with E-state index >= 15 is 0 Å². The summed E-state index contributed by atoms with van der Waals surface area (Å²) in [7, 11) is 0. The Balaban J connectivity index is 1.32. The topological polar surface area (TPSA) is 62.0 Å². The Morgan fingerprint density at radius 1 is 1.03 bits per heavy atom. The molecule has 1 aliphatic heterocycles. The minimum Gasteiger partial charge on any atom is -0.355 e. The Labute approximate surface area is 181 Å². The monoisotopic (exact) mass is 427 g/mol. The maximum Gasteiger partial charge on any atom is 0.275 e. The number of carbonyl (C=O) groups excluding carboxylic acids is 1. The van der Waals surface area contributed by atoms with Crippen molar-refractivity contribution in [1.82, 2.24) is 24.1 Å². The van der Waals surface area contributed by atoms with Crippen LogP contribution in [0.15, 0.2) is 41.3 Å². The van der Waals surface area contributed by atoms with Crippen LogP contribution in [0, 0.1) is 5.82 Å². The highest BCUT2D eigenvalue weighted by atomic mass is 19.1. The zero-order chi connectivity index (χ0) is 21.8. The van der Waals surface area contributed by atoms with Crippen molar-refractivity contribution in [2.75, 3.05) is 45.8 Å². The van der Waals surface area contributed by atoms with E-state index in [1.807, 2.05) is 0 Å². The molecule has 3 aromatic rings. The second-order valence-corrected chi connectivity index (χ2v) is 8.08. The highest BCUT2D eigenvalue weighted by Gasteiger charge is 2.15. The normalized spacial score (nSPS) is 15.7. The van der Waals surface area contributed by atoms with Crippen molar-refractivity contribution in [3.8, 4) is 0 Å². The van der Waals surface area contributed by atoms with Crippen molar-refractivity contribution in [2.45, 2.75) is 26.3 Å². The molecular formula is C23H30FN5O2. The van der Waals surface area contributed by atoms with Gasteiger partial charge in [0.1, 0.15) is 11.3 Å². The first-order valence-corrected chi connectivity index (χ1v) is 11.1. The molecule has 0 unspecified atom stereocenters. The van der Waals surface area contributed by atoms with E-state index in [0.29, 0.717) is 37.0 Å². The highest BCUT2D eigenvalue weighted by molar-refractivity contribution is 5.79. The predicted molar refractivity (Wildman–Crippen MR) is 120 cm³/mol. The number of carbonyl (C=O) groups is 1. The number of rotatable bonds is 8. The molecule has 0 bridgehead atoms. The van der Waals surface area contributed by atoms with Gasteiger partial charge < -0.3 is 19.2 Å². The molecule has 1 saturated heterocycles. The molecule has 1 aromatic carbocycles. The summed E-state index contributed by atoms with van der Waals surface area (Å²) in [4.78, 5) is 30.0. The lowest BCUT2D eigenvalue weighted by Gasteiger charge is -2.33. The van der Waals surface area contributed by atoms with Gasteiger partial charge in [0, 0.05) is 58.4 Å². The molecule has 1 aliphatic rings. The summed E-state index contributed by atoms with van der Waals surface area (Å²) in [6, 6.07) is 8.02. The number of aromatic nitrogens is 2. The fourth-order valence-corrected chi connectivity index (χ4v) is 4.32. The number of fused-ring (bicyclic) bond motifs is 3. The van der Waals surface area contributed by atoms with Crippen LogP contribution in [0.2, 0.25) is 0 Å². The predicted octanol–water partition coefficient (Wildman–Crippen LogP) is 1.93. The van der Waals surface area contributed by atoms with Gasteiger partial charge in [0.2, 0.25) is 5.91 Å². The molecule has 31 heavy (non-hydrogen) atoms. The van der Waals surface area contributed by atoms with Gasteiger partial charge in [0.15, 0.2) is 0 Å². The maximum absolute atomic E-state index is 13.9. The smallest absolute Gasteiger partial charge is 0.275 e. The second-order valence-electron chi connectivity index (χ2n) is 8.08. The summed E-state index contributed by atoms with van der Waals surface area (Å²) in [6.07, 6.45) is 2.65. The van der Waals surface area contributed by atoms with Crippen LogP contribution in [0.4, 0.5) is 4.39 Å². The molecule has 0 atom stereocenters. The molecule has 166 valence electrons. The van der Waals surface area contributed by atoms with Gasteiger partial charge in [0.05, 0.1) is 11.0 Å². The van der Waals surface area contributed by atoms with Gasteiger partial charge in [-0.25, -0.2) is 4.39 Å². The fourth-order valence-electron chi connectivity index (χ4n) is 4.32. The van der Waals surface area contributed by atoms with Crippen molar-refractivity contribution >= 4 is 22.5 Å². The lowest BCUT2D eigenvalue weighted by molar-refractivity contribution is -0.121. The first kappa shape index (κ1) is 21.5. The van der Waals surface area contributed by atoms with E-state index < -0.39 is 0 Å². The molecule has 8 heteroatoms. The zero-order valence-electron chi connectivity index (χ0n) is 18.0. The summed E-state index contributed by atoms with van der Waals surface area (Å²) < 4.78 is 17.2. The van der Waals surface area contributed by atoms with Crippen LogP contribution in [0.1, 0.15) is 19.8 Å². The van der Waals surface area contributed by atoms with Crippen molar-refractivity contribution in [1.29, 1.82) is 0 Å². The third-order valence-corrected chi connectivity index (χ3v) is 6.15. The van der Waals surface area contributed by atoms with Crippen LogP contribution in [0.3, 0.4) is 0 Å². The van der Waals surface area contributed by atoms with E-state index in [2.05, 4.69) is 22.0 Å². The van der Waals surface area contributed by atoms with Gasteiger partial charge >= 0.3 is 0 Å². The summed E-state index contributed by atoms with van der Waals surface area (Å²) >= 11 is 0. The molecule has 0 spiro atoms. The number of likely N-dealkylation sites (N-methyl/N-ethyl adjacent to an activating group) is 1. The minimum absolute atomic E-state index is 0.0144. The maximum atomic E-state index is 13.9. The van der Waals surface area contributed by atoms with Crippen LogP contribution in [-0.4, -0.2) is 70.5 Å². The number of aryl methyl sites for hydroxylation is 1. The summed E-state index contributed by atoms with van der Waals surface area (Å²) in [6.45, 7) is 9.38. The number of benzene rings is 1. The largest absolute Gasteiger partial charge is 0.355 e. The molecule has 4 rings (SSSR count). The average molecular weight is 428 g/mol. The summed E-state index contributed by atoms with van der Waals surface area (Å²) in [5.74, 6) is -0.399.